The van der Waals surface area contributed by atoms with Crippen molar-refractivity contribution >= 4 is 31.6 Å². The number of sulfonamides is 1. The van der Waals surface area contributed by atoms with Crippen molar-refractivity contribution in [1.29, 1.82) is 0 Å². The summed E-state index contributed by atoms with van der Waals surface area (Å²) in [4.78, 5) is 0. The van der Waals surface area contributed by atoms with Crippen LogP contribution in [-0.4, -0.2) is 13.7 Å². The van der Waals surface area contributed by atoms with Crippen molar-refractivity contribution in [3.8, 4) is 0 Å². The van der Waals surface area contributed by atoms with E-state index in [1.807, 2.05) is 12.1 Å². The molecule has 1 aromatic rings. The van der Waals surface area contributed by atoms with Gasteiger partial charge in [-0.2, -0.15) is 0 Å². The first-order valence-corrected chi connectivity index (χ1v) is 8.19. The summed E-state index contributed by atoms with van der Waals surface area (Å²) in [6.45, 7) is 0. The number of anilines is 1. The SMILES string of the molecule is O=S(=O)(Nc1ccc(Br)cc1)C1CCCCC1. The normalized spacial score (nSPS) is 17.9. The molecule has 1 saturated carbocycles. The lowest BCUT2D eigenvalue weighted by atomic mass is 10.0. The average molecular weight is 318 g/mol. The predicted octanol–water partition coefficient (Wildman–Crippen LogP) is 3.52. The van der Waals surface area contributed by atoms with Crippen molar-refractivity contribution in [2.24, 2.45) is 0 Å². The molecule has 0 radical (unpaired) electrons. The molecule has 0 spiro atoms. The van der Waals surface area contributed by atoms with Crippen LogP contribution in [0, 0.1) is 0 Å². The lowest BCUT2D eigenvalue weighted by molar-refractivity contribution is 0.486. The van der Waals surface area contributed by atoms with Crippen LogP contribution in [0.3, 0.4) is 0 Å². The first-order valence-electron chi connectivity index (χ1n) is 5.85. The zero-order valence-corrected chi connectivity index (χ0v) is 11.9. The summed E-state index contributed by atoms with van der Waals surface area (Å²) in [5.74, 6) is 0. The number of nitrogens with one attached hydrogen (secondary N) is 1. The molecule has 2 rings (SSSR count). The summed E-state index contributed by atoms with van der Waals surface area (Å²) in [5, 5.41) is -0.222. The van der Waals surface area contributed by atoms with Gasteiger partial charge in [0.2, 0.25) is 10.0 Å². The Labute approximate surface area is 111 Å². The minimum absolute atomic E-state index is 0.222. The molecule has 0 heterocycles. The van der Waals surface area contributed by atoms with Crippen molar-refractivity contribution < 1.29 is 8.42 Å². The topological polar surface area (TPSA) is 46.2 Å². The second-order valence-electron chi connectivity index (χ2n) is 4.41. The van der Waals surface area contributed by atoms with E-state index in [2.05, 4.69) is 20.7 Å². The van der Waals surface area contributed by atoms with Crippen LogP contribution in [0.4, 0.5) is 5.69 Å². The minimum atomic E-state index is -3.21. The highest BCUT2D eigenvalue weighted by atomic mass is 79.9. The Balaban J connectivity index is 2.08. The molecule has 17 heavy (non-hydrogen) atoms. The monoisotopic (exact) mass is 317 g/mol. The third kappa shape index (κ3) is 3.45. The molecule has 94 valence electrons. The van der Waals surface area contributed by atoms with Gasteiger partial charge in [0.1, 0.15) is 0 Å². The number of rotatable bonds is 3. The Hall–Kier alpha value is -0.550. The molecule has 0 unspecified atom stereocenters. The predicted molar refractivity (Wildman–Crippen MR) is 73.6 cm³/mol. The molecular formula is C12H16BrNO2S. The highest BCUT2D eigenvalue weighted by Crippen LogP contribution is 2.25. The van der Waals surface area contributed by atoms with E-state index in [1.165, 1.54) is 0 Å². The van der Waals surface area contributed by atoms with Crippen molar-refractivity contribution in [1.82, 2.24) is 0 Å². The summed E-state index contributed by atoms with van der Waals surface area (Å²) in [6, 6.07) is 7.20. The average Bonchev–Trinajstić information content (AvgIpc) is 2.33. The van der Waals surface area contributed by atoms with Crippen molar-refractivity contribution in [3.63, 3.8) is 0 Å². The summed E-state index contributed by atoms with van der Waals surface area (Å²) in [5.41, 5.74) is 0.638. The Morgan fingerprint density at radius 2 is 1.65 bits per heavy atom. The van der Waals surface area contributed by atoms with E-state index in [9.17, 15) is 8.42 Å². The van der Waals surface area contributed by atoms with Gasteiger partial charge in [-0.1, -0.05) is 35.2 Å². The zero-order valence-electron chi connectivity index (χ0n) is 9.52. The smallest absolute Gasteiger partial charge is 0.235 e. The first-order chi connectivity index (χ1) is 8.08. The second-order valence-corrected chi connectivity index (χ2v) is 7.29. The molecule has 1 N–H and O–H groups in total. The fourth-order valence-electron chi connectivity index (χ4n) is 2.14. The van der Waals surface area contributed by atoms with Crippen LogP contribution in [-0.2, 0) is 10.0 Å². The Kier molecular flexibility index (Phi) is 4.09. The standard InChI is InChI=1S/C12H16BrNO2S/c13-10-6-8-11(9-7-10)14-17(15,16)12-4-2-1-3-5-12/h6-9,12,14H,1-5H2. The van der Waals surface area contributed by atoms with Gasteiger partial charge < -0.3 is 0 Å². The highest BCUT2D eigenvalue weighted by Gasteiger charge is 2.26. The van der Waals surface area contributed by atoms with Crippen molar-refractivity contribution in [2.75, 3.05) is 4.72 Å². The van der Waals surface area contributed by atoms with Crippen LogP contribution in [0.25, 0.3) is 0 Å². The van der Waals surface area contributed by atoms with Gasteiger partial charge >= 0.3 is 0 Å². The summed E-state index contributed by atoms with van der Waals surface area (Å²) in [6.07, 6.45) is 4.76. The van der Waals surface area contributed by atoms with E-state index in [-0.39, 0.29) is 5.25 Å². The lowest BCUT2D eigenvalue weighted by Crippen LogP contribution is -2.29. The molecule has 3 nitrogen and oxygen atoms in total. The first kappa shape index (κ1) is 12.9. The maximum absolute atomic E-state index is 12.1. The maximum Gasteiger partial charge on any atom is 0.235 e. The third-order valence-corrected chi connectivity index (χ3v) is 5.49. The molecule has 1 aliphatic carbocycles. The Morgan fingerprint density at radius 3 is 2.24 bits per heavy atom. The summed E-state index contributed by atoms with van der Waals surface area (Å²) >= 11 is 3.32. The second kappa shape index (κ2) is 5.40. The van der Waals surface area contributed by atoms with Crippen LogP contribution < -0.4 is 4.72 Å². The number of hydrogen-bond acceptors (Lipinski definition) is 2. The van der Waals surface area contributed by atoms with E-state index in [1.54, 1.807) is 12.1 Å². The molecule has 0 amide bonds. The van der Waals surface area contributed by atoms with Crippen molar-refractivity contribution in [3.05, 3.63) is 28.7 Å². The van der Waals surface area contributed by atoms with Crippen LogP contribution >= 0.6 is 15.9 Å². The van der Waals surface area contributed by atoms with E-state index in [0.717, 1.165) is 36.6 Å². The molecule has 5 heteroatoms. The maximum atomic E-state index is 12.1. The molecular weight excluding hydrogens is 302 g/mol. The summed E-state index contributed by atoms with van der Waals surface area (Å²) < 4.78 is 27.8. The molecule has 0 aromatic heterocycles. The Morgan fingerprint density at radius 1 is 1.06 bits per heavy atom. The number of halogens is 1. The van der Waals surface area contributed by atoms with Crippen LogP contribution in [0.5, 0.6) is 0 Å². The number of benzene rings is 1. The van der Waals surface area contributed by atoms with E-state index < -0.39 is 10.0 Å². The van der Waals surface area contributed by atoms with Crippen LogP contribution in [0.15, 0.2) is 28.7 Å². The fourth-order valence-corrected chi connectivity index (χ4v) is 3.99. The fraction of sp³-hybridized carbons (Fsp3) is 0.500. The van der Waals surface area contributed by atoms with Gasteiger partial charge in [-0.25, -0.2) is 8.42 Å². The molecule has 0 atom stereocenters. The van der Waals surface area contributed by atoms with Crippen molar-refractivity contribution in [2.45, 2.75) is 37.4 Å². The van der Waals surface area contributed by atoms with Gasteiger partial charge in [0, 0.05) is 10.2 Å². The van der Waals surface area contributed by atoms with Gasteiger partial charge in [0.05, 0.1) is 5.25 Å². The van der Waals surface area contributed by atoms with Gasteiger partial charge in [-0.3, -0.25) is 4.72 Å². The Bertz CT molecular complexity index is 464. The van der Waals surface area contributed by atoms with E-state index in [4.69, 9.17) is 0 Å². The summed E-state index contributed by atoms with van der Waals surface area (Å²) in [7, 11) is -3.21. The highest BCUT2D eigenvalue weighted by molar-refractivity contribution is 9.10. The third-order valence-electron chi connectivity index (χ3n) is 3.10. The minimum Gasteiger partial charge on any atom is -0.283 e. The molecule has 1 aliphatic rings. The van der Waals surface area contributed by atoms with E-state index in [0.29, 0.717) is 5.69 Å². The zero-order chi connectivity index (χ0) is 12.3. The van der Waals surface area contributed by atoms with E-state index >= 15 is 0 Å². The molecule has 1 fully saturated rings. The molecule has 0 aliphatic heterocycles. The van der Waals surface area contributed by atoms with Crippen LogP contribution in [0.2, 0.25) is 0 Å². The van der Waals surface area contributed by atoms with Gasteiger partial charge in [-0.05, 0) is 37.1 Å². The largest absolute Gasteiger partial charge is 0.283 e. The van der Waals surface area contributed by atoms with Gasteiger partial charge in [0.25, 0.3) is 0 Å². The van der Waals surface area contributed by atoms with Gasteiger partial charge in [-0.15, -0.1) is 0 Å². The molecule has 0 bridgehead atoms. The van der Waals surface area contributed by atoms with Crippen LogP contribution in [0.1, 0.15) is 32.1 Å². The number of hydrogen-bond donors (Lipinski definition) is 1. The molecule has 1 aromatic carbocycles. The quantitative estimate of drug-likeness (QED) is 0.927. The van der Waals surface area contributed by atoms with Gasteiger partial charge in [0.15, 0.2) is 0 Å². The molecule has 0 saturated heterocycles. The lowest BCUT2D eigenvalue weighted by Gasteiger charge is -2.22.